The fourth-order valence-electron chi connectivity index (χ4n) is 2.92. The molecule has 2 atom stereocenters. The molecule has 0 aliphatic heterocycles. The summed E-state index contributed by atoms with van der Waals surface area (Å²) >= 11 is 0. The quantitative estimate of drug-likeness (QED) is 0.570. The molecule has 0 spiro atoms. The maximum Gasteiger partial charge on any atom is 0.321 e. The van der Waals surface area contributed by atoms with Crippen molar-refractivity contribution in [1.29, 1.82) is 5.26 Å². The predicted molar refractivity (Wildman–Crippen MR) is 102 cm³/mol. The number of carboxylic acids is 2. The lowest BCUT2D eigenvalue weighted by molar-refractivity contribution is -0.142. The van der Waals surface area contributed by atoms with Crippen LogP contribution in [0.25, 0.3) is 0 Å². The molecular weight excluding hydrogens is 360 g/mol. The predicted octanol–water partition coefficient (Wildman–Crippen LogP) is 1.89. The van der Waals surface area contributed by atoms with Crippen molar-refractivity contribution in [2.24, 2.45) is 5.92 Å². The van der Waals surface area contributed by atoms with Gasteiger partial charge < -0.3 is 14.8 Å². The second-order valence-corrected chi connectivity index (χ2v) is 7.10. The molecule has 2 rings (SSSR count). The number of imidazole rings is 1. The van der Waals surface area contributed by atoms with Crippen LogP contribution in [0.2, 0.25) is 0 Å². The molecule has 1 heterocycles. The summed E-state index contributed by atoms with van der Waals surface area (Å²) in [6.07, 6.45) is 3.63. The first-order valence-electron chi connectivity index (χ1n) is 8.99. The number of carboxylic acid groups (broad SMARTS) is 2. The number of hydrogen-bond donors (Lipinski definition) is 3. The summed E-state index contributed by atoms with van der Waals surface area (Å²) in [6, 6.07) is 7.19. The summed E-state index contributed by atoms with van der Waals surface area (Å²) < 4.78 is 1.82. The van der Waals surface area contributed by atoms with Crippen LogP contribution in [0.5, 0.6) is 0 Å². The zero-order valence-corrected chi connectivity index (χ0v) is 15.9. The van der Waals surface area contributed by atoms with Crippen LogP contribution >= 0.6 is 0 Å². The van der Waals surface area contributed by atoms with Crippen molar-refractivity contribution in [2.45, 2.75) is 45.3 Å². The molecule has 148 valence electrons. The first-order chi connectivity index (χ1) is 13.3. The largest absolute Gasteiger partial charge is 0.480 e. The third kappa shape index (κ3) is 5.93. The zero-order chi connectivity index (χ0) is 20.7. The minimum absolute atomic E-state index is 0.105. The number of nitrogens with one attached hydrogen (secondary N) is 1. The molecule has 0 amide bonds. The molecule has 2 aromatic rings. The van der Waals surface area contributed by atoms with Gasteiger partial charge in [-0.1, -0.05) is 26.0 Å². The minimum atomic E-state index is -1.11. The fourth-order valence-corrected chi connectivity index (χ4v) is 2.92. The standard InChI is InChI=1S/C20H24N4O4/c1-13(2)7-17(19(25)26)23-18(20(27)28)8-16-10-22-12-24(16)11-15-5-3-14(9-21)4-6-15/h3-6,10,12-13,17-18,23H,7-8,11H2,1-2H3,(H,25,26)(H,27,28)/t17?,18-/m0/s1. The van der Waals surface area contributed by atoms with Crippen LogP contribution in [-0.2, 0) is 22.6 Å². The topological polar surface area (TPSA) is 128 Å². The van der Waals surface area contributed by atoms with Crippen molar-refractivity contribution in [2.75, 3.05) is 0 Å². The van der Waals surface area contributed by atoms with Crippen molar-refractivity contribution in [3.05, 3.63) is 53.6 Å². The number of nitrogens with zero attached hydrogens (tertiary/aromatic N) is 3. The Kier molecular flexibility index (Phi) is 7.29. The minimum Gasteiger partial charge on any atom is -0.480 e. The van der Waals surface area contributed by atoms with Gasteiger partial charge in [-0.15, -0.1) is 0 Å². The average molecular weight is 384 g/mol. The average Bonchev–Trinajstić information content (AvgIpc) is 3.07. The van der Waals surface area contributed by atoms with E-state index in [0.29, 0.717) is 24.2 Å². The number of carbonyl (C=O) groups is 2. The number of rotatable bonds is 10. The Morgan fingerprint density at radius 2 is 1.82 bits per heavy atom. The van der Waals surface area contributed by atoms with Gasteiger partial charge in [0.1, 0.15) is 12.1 Å². The maximum absolute atomic E-state index is 11.7. The maximum atomic E-state index is 11.7. The van der Waals surface area contributed by atoms with E-state index >= 15 is 0 Å². The van der Waals surface area contributed by atoms with Gasteiger partial charge in [0.15, 0.2) is 0 Å². The molecule has 8 heteroatoms. The molecule has 1 aromatic heterocycles. The Morgan fingerprint density at radius 3 is 2.36 bits per heavy atom. The van der Waals surface area contributed by atoms with Crippen molar-refractivity contribution >= 4 is 11.9 Å². The summed E-state index contributed by atoms with van der Waals surface area (Å²) in [5.41, 5.74) is 2.19. The van der Waals surface area contributed by atoms with E-state index in [2.05, 4.69) is 16.4 Å². The normalized spacial score (nSPS) is 13.1. The molecule has 0 aliphatic carbocycles. The van der Waals surface area contributed by atoms with Crippen LogP contribution in [0.3, 0.4) is 0 Å². The highest BCUT2D eigenvalue weighted by molar-refractivity contribution is 5.77. The highest BCUT2D eigenvalue weighted by atomic mass is 16.4. The lowest BCUT2D eigenvalue weighted by atomic mass is 10.0. The fraction of sp³-hybridized carbons (Fsp3) is 0.400. The number of nitriles is 1. The second kappa shape index (κ2) is 9.67. The van der Waals surface area contributed by atoms with Gasteiger partial charge in [0.05, 0.1) is 18.0 Å². The van der Waals surface area contributed by atoms with Crippen molar-refractivity contribution in [3.63, 3.8) is 0 Å². The Morgan fingerprint density at radius 1 is 1.18 bits per heavy atom. The molecule has 0 saturated heterocycles. The van der Waals surface area contributed by atoms with E-state index in [4.69, 9.17) is 5.26 Å². The Bertz CT molecular complexity index is 852. The van der Waals surface area contributed by atoms with Gasteiger partial charge >= 0.3 is 11.9 Å². The number of benzene rings is 1. The molecule has 0 aliphatic rings. The highest BCUT2D eigenvalue weighted by Gasteiger charge is 2.27. The van der Waals surface area contributed by atoms with Crippen LogP contribution < -0.4 is 5.32 Å². The van der Waals surface area contributed by atoms with Gasteiger partial charge in [0.25, 0.3) is 0 Å². The van der Waals surface area contributed by atoms with E-state index in [0.717, 1.165) is 5.56 Å². The highest BCUT2D eigenvalue weighted by Crippen LogP contribution is 2.12. The van der Waals surface area contributed by atoms with E-state index in [9.17, 15) is 19.8 Å². The molecule has 0 saturated carbocycles. The molecule has 1 aromatic carbocycles. The van der Waals surface area contributed by atoms with Crippen LogP contribution in [0, 0.1) is 17.2 Å². The van der Waals surface area contributed by atoms with Crippen LogP contribution in [0.1, 0.15) is 37.1 Å². The Balaban J connectivity index is 2.13. The number of hydrogen-bond acceptors (Lipinski definition) is 5. The van der Waals surface area contributed by atoms with Gasteiger partial charge in [-0.05, 0) is 30.0 Å². The SMILES string of the molecule is CC(C)CC(N[C@@H](Cc1cncn1Cc1ccc(C#N)cc1)C(=O)O)C(=O)O. The molecule has 0 radical (unpaired) electrons. The van der Waals surface area contributed by atoms with Gasteiger partial charge in [0.2, 0.25) is 0 Å². The van der Waals surface area contributed by atoms with E-state index in [1.54, 1.807) is 24.7 Å². The monoisotopic (exact) mass is 384 g/mol. The van der Waals surface area contributed by atoms with Crippen LogP contribution in [0.15, 0.2) is 36.8 Å². The molecule has 1 unspecified atom stereocenters. The summed E-state index contributed by atoms with van der Waals surface area (Å²) in [4.78, 5) is 27.3. The third-order valence-electron chi connectivity index (χ3n) is 4.35. The van der Waals surface area contributed by atoms with Gasteiger partial charge in [0, 0.05) is 24.9 Å². The lowest BCUT2D eigenvalue weighted by Gasteiger charge is -2.22. The van der Waals surface area contributed by atoms with Crippen molar-refractivity contribution in [3.8, 4) is 6.07 Å². The summed E-state index contributed by atoms with van der Waals surface area (Å²) in [5.74, 6) is -2.06. The molecule has 0 bridgehead atoms. The summed E-state index contributed by atoms with van der Waals surface area (Å²) in [7, 11) is 0. The molecular formula is C20H24N4O4. The molecule has 28 heavy (non-hydrogen) atoms. The molecule has 3 N–H and O–H groups in total. The first kappa shape index (κ1) is 21.1. The molecule has 0 fully saturated rings. The summed E-state index contributed by atoms with van der Waals surface area (Å²) in [5, 5.41) is 30.6. The lowest BCUT2D eigenvalue weighted by Crippen LogP contribution is -2.49. The second-order valence-electron chi connectivity index (χ2n) is 7.10. The van der Waals surface area contributed by atoms with E-state index in [-0.39, 0.29) is 12.3 Å². The third-order valence-corrected chi connectivity index (χ3v) is 4.35. The van der Waals surface area contributed by atoms with Gasteiger partial charge in [-0.3, -0.25) is 14.9 Å². The first-order valence-corrected chi connectivity index (χ1v) is 8.99. The number of aromatic nitrogens is 2. The van der Waals surface area contributed by atoms with Crippen molar-refractivity contribution in [1.82, 2.24) is 14.9 Å². The molecule has 8 nitrogen and oxygen atoms in total. The van der Waals surface area contributed by atoms with Crippen LogP contribution in [-0.4, -0.2) is 43.8 Å². The smallest absolute Gasteiger partial charge is 0.321 e. The summed E-state index contributed by atoms with van der Waals surface area (Å²) in [6.45, 7) is 4.25. The van der Waals surface area contributed by atoms with E-state index in [1.807, 2.05) is 30.5 Å². The van der Waals surface area contributed by atoms with Crippen LogP contribution in [0.4, 0.5) is 0 Å². The van der Waals surface area contributed by atoms with Gasteiger partial charge in [-0.25, -0.2) is 4.98 Å². The van der Waals surface area contributed by atoms with E-state index < -0.39 is 24.0 Å². The zero-order valence-electron chi connectivity index (χ0n) is 15.9. The Hall–Kier alpha value is -3.18. The Labute approximate surface area is 163 Å². The van der Waals surface area contributed by atoms with E-state index in [1.165, 1.54) is 0 Å². The van der Waals surface area contributed by atoms with Gasteiger partial charge in [-0.2, -0.15) is 5.26 Å². The number of aliphatic carboxylic acids is 2. The van der Waals surface area contributed by atoms with Crippen molar-refractivity contribution < 1.29 is 19.8 Å².